The molecule has 2 heterocycles. The van der Waals surface area contributed by atoms with E-state index < -0.39 is 0 Å². The summed E-state index contributed by atoms with van der Waals surface area (Å²) in [6.45, 7) is 0. The van der Waals surface area contributed by atoms with E-state index in [9.17, 15) is 0 Å². The zero-order valence-corrected chi connectivity index (χ0v) is 13.4. The van der Waals surface area contributed by atoms with E-state index in [2.05, 4.69) is 33.0 Å². The summed E-state index contributed by atoms with van der Waals surface area (Å²) < 4.78 is 2.99. The Bertz CT molecular complexity index is 766. The number of hydrogen-bond acceptors (Lipinski definition) is 3. The lowest BCUT2D eigenvalue weighted by Crippen LogP contribution is -2.15. The van der Waals surface area contributed by atoms with Gasteiger partial charge in [-0.1, -0.05) is 18.2 Å². The smallest absolute Gasteiger partial charge is 0.108 e. The van der Waals surface area contributed by atoms with Gasteiger partial charge in [-0.3, -0.25) is 0 Å². The lowest BCUT2D eigenvalue weighted by atomic mass is 10.1. The Hall–Kier alpha value is -1.72. The van der Waals surface area contributed by atoms with Gasteiger partial charge in [0.2, 0.25) is 0 Å². The SMILES string of the molecule is Cn1ccnc1CCC(N)c1nc2ccccc2cc1Br. The van der Waals surface area contributed by atoms with Crippen molar-refractivity contribution < 1.29 is 0 Å². The normalized spacial score (nSPS) is 12.7. The summed E-state index contributed by atoms with van der Waals surface area (Å²) in [6.07, 6.45) is 5.41. The minimum absolute atomic E-state index is 0.110. The van der Waals surface area contributed by atoms with Crippen molar-refractivity contribution in [3.05, 3.63) is 58.7 Å². The van der Waals surface area contributed by atoms with Crippen LogP contribution in [0.25, 0.3) is 10.9 Å². The number of aryl methyl sites for hydroxylation is 2. The van der Waals surface area contributed by atoms with Crippen LogP contribution >= 0.6 is 15.9 Å². The Kier molecular flexibility index (Phi) is 4.03. The number of halogens is 1. The van der Waals surface area contributed by atoms with E-state index in [0.717, 1.165) is 39.7 Å². The highest BCUT2D eigenvalue weighted by Gasteiger charge is 2.14. The van der Waals surface area contributed by atoms with Crippen molar-refractivity contribution in [2.45, 2.75) is 18.9 Å². The molecule has 1 atom stereocenters. The zero-order chi connectivity index (χ0) is 14.8. The van der Waals surface area contributed by atoms with Gasteiger partial charge in [-0.2, -0.15) is 0 Å². The molecule has 1 unspecified atom stereocenters. The molecule has 108 valence electrons. The molecule has 3 rings (SSSR count). The molecule has 0 amide bonds. The molecule has 0 saturated carbocycles. The highest BCUT2D eigenvalue weighted by atomic mass is 79.9. The van der Waals surface area contributed by atoms with Gasteiger partial charge in [0.15, 0.2) is 0 Å². The summed E-state index contributed by atoms with van der Waals surface area (Å²) in [4.78, 5) is 9.03. The maximum Gasteiger partial charge on any atom is 0.108 e. The average molecular weight is 345 g/mol. The number of aromatic nitrogens is 3. The number of hydrogen-bond donors (Lipinski definition) is 1. The van der Waals surface area contributed by atoms with Gasteiger partial charge in [0.05, 0.1) is 11.2 Å². The Morgan fingerprint density at radius 2 is 2.14 bits per heavy atom. The monoisotopic (exact) mass is 344 g/mol. The molecule has 2 N–H and O–H groups in total. The molecule has 0 saturated heterocycles. The minimum atomic E-state index is -0.110. The number of pyridine rings is 1. The fourth-order valence-electron chi connectivity index (χ4n) is 2.42. The summed E-state index contributed by atoms with van der Waals surface area (Å²) in [5.41, 5.74) is 8.20. The summed E-state index contributed by atoms with van der Waals surface area (Å²) in [5.74, 6) is 1.04. The molecule has 0 radical (unpaired) electrons. The zero-order valence-electron chi connectivity index (χ0n) is 11.8. The van der Waals surface area contributed by atoms with E-state index in [-0.39, 0.29) is 6.04 Å². The third-order valence-corrected chi connectivity index (χ3v) is 4.29. The molecule has 3 aromatic rings. The quantitative estimate of drug-likeness (QED) is 0.789. The van der Waals surface area contributed by atoms with Crippen LogP contribution in [0.2, 0.25) is 0 Å². The number of nitrogens with zero attached hydrogens (tertiary/aromatic N) is 3. The van der Waals surface area contributed by atoms with Crippen LogP contribution < -0.4 is 5.73 Å². The second-order valence-corrected chi connectivity index (χ2v) is 6.00. The number of rotatable bonds is 4. The number of fused-ring (bicyclic) bond motifs is 1. The van der Waals surface area contributed by atoms with Crippen molar-refractivity contribution in [3.63, 3.8) is 0 Å². The largest absolute Gasteiger partial charge is 0.338 e. The third-order valence-electron chi connectivity index (χ3n) is 3.66. The summed E-state index contributed by atoms with van der Waals surface area (Å²) >= 11 is 3.59. The van der Waals surface area contributed by atoms with E-state index in [1.54, 1.807) is 0 Å². The van der Waals surface area contributed by atoms with Crippen molar-refractivity contribution in [2.75, 3.05) is 0 Å². The molecule has 5 heteroatoms. The number of benzene rings is 1. The second kappa shape index (κ2) is 5.95. The van der Waals surface area contributed by atoms with Gasteiger partial charge in [-0.15, -0.1) is 0 Å². The molecule has 21 heavy (non-hydrogen) atoms. The molecule has 2 aromatic heterocycles. The van der Waals surface area contributed by atoms with Gasteiger partial charge in [0.25, 0.3) is 0 Å². The molecule has 0 fully saturated rings. The fourth-order valence-corrected chi connectivity index (χ4v) is 3.05. The van der Waals surface area contributed by atoms with Crippen molar-refractivity contribution in [1.82, 2.24) is 14.5 Å². The van der Waals surface area contributed by atoms with Gasteiger partial charge in [-0.25, -0.2) is 9.97 Å². The van der Waals surface area contributed by atoms with Crippen LogP contribution in [-0.2, 0) is 13.5 Å². The summed E-state index contributed by atoms with van der Waals surface area (Å²) in [7, 11) is 2.00. The molecule has 0 bridgehead atoms. The first-order chi connectivity index (χ1) is 10.1. The number of para-hydroxylation sites is 1. The average Bonchev–Trinajstić information content (AvgIpc) is 2.89. The fraction of sp³-hybridized carbons (Fsp3) is 0.250. The van der Waals surface area contributed by atoms with E-state index in [1.165, 1.54) is 0 Å². The molecule has 0 aliphatic rings. The Labute approximate surface area is 132 Å². The Morgan fingerprint density at radius 3 is 2.90 bits per heavy atom. The molecule has 0 aliphatic heterocycles. The minimum Gasteiger partial charge on any atom is -0.338 e. The predicted molar refractivity (Wildman–Crippen MR) is 87.9 cm³/mol. The van der Waals surface area contributed by atoms with Crippen molar-refractivity contribution in [1.29, 1.82) is 0 Å². The van der Waals surface area contributed by atoms with Gasteiger partial charge in [0.1, 0.15) is 5.82 Å². The van der Waals surface area contributed by atoms with Crippen LogP contribution in [0.1, 0.15) is 24.0 Å². The van der Waals surface area contributed by atoms with Crippen LogP contribution in [-0.4, -0.2) is 14.5 Å². The van der Waals surface area contributed by atoms with Crippen LogP contribution in [0.5, 0.6) is 0 Å². The maximum atomic E-state index is 6.32. The van der Waals surface area contributed by atoms with Crippen LogP contribution in [0.3, 0.4) is 0 Å². The molecule has 4 nitrogen and oxygen atoms in total. The Balaban J connectivity index is 1.82. The highest BCUT2D eigenvalue weighted by molar-refractivity contribution is 9.10. The van der Waals surface area contributed by atoms with Gasteiger partial charge >= 0.3 is 0 Å². The predicted octanol–water partition coefficient (Wildman–Crippen LogP) is 3.36. The number of nitrogens with two attached hydrogens (primary N) is 1. The molecule has 1 aromatic carbocycles. The lowest BCUT2D eigenvalue weighted by molar-refractivity contribution is 0.607. The standard InChI is InChI=1S/C16H17BrN4/c1-21-9-8-19-15(21)7-6-13(18)16-12(17)10-11-4-2-3-5-14(11)20-16/h2-5,8-10,13H,6-7,18H2,1H3. The van der Waals surface area contributed by atoms with E-state index in [1.807, 2.05) is 42.2 Å². The molecule has 0 aliphatic carbocycles. The number of imidazole rings is 1. The van der Waals surface area contributed by atoms with Crippen molar-refractivity contribution in [3.8, 4) is 0 Å². The molecular formula is C16H17BrN4. The first kappa shape index (κ1) is 14.2. The van der Waals surface area contributed by atoms with Crippen molar-refractivity contribution in [2.24, 2.45) is 12.8 Å². The van der Waals surface area contributed by atoms with Crippen LogP contribution in [0.15, 0.2) is 47.2 Å². The Morgan fingerprint density at radius 1 is 1.33 bits per heavy atom. The molecular weight excluding hydrogens is 328 g/mol. The summed E-state index contributed by atoms with van der Waals surface area (Å²) in [5, 5.41) is 1.12. The molecule has 0 spiro atoms. The van der Waals surface area contributed by atoms with Gasteiger partial charge < -0.3 is 10.3 Å². The first-order valence-electron chi connectivity index (χ1n) is 6.92. The first-order valence-corrected chi connectivity index (χ1v) is 7.71. The highest BCUT2D eigenvalue weighted by Crippen LogP contribution is 2.27. The third kappa shape index (κ3) is 2.99. The van der Waals surface area contributed by atoms with E-state index in [0.29, 0.717) is 0 Å². The van der Waals surface area contributed by atoms with Gasteiger partial charge in [-0.05, 0) is 34.5 Å². The van der Waals surface area contributed by atoms with Crippen molar-refractivity contribution >= 4 is 26.8 Å². The van der Waals surface area contributed by atoms with Crippen LogP contribution in [0.4, 0.5) is 0 Å². The van der Waals surface area contributed by atoms with E-state index >= 15 is 0 Å². The summed E-state index contributed by atoms with van der Waals surface area (Å²) in [6, 6.07) is 10.0. The van der Waals surface area contributed by atoms with Gasteiger partial charge in [0, 0.05) is 41.8 Å². The topological polar surface area (TPSA) is 56.7 Å². The van der Waals surface area contributed by atoms with E-state index in [4.69, 9.17) is 10.7 Å². The maximum absolute atomic E-state index is 6.32. The second-order valence-electron chi connectivity index (χ2n) is 5.15. The van der Waals surface area contributed by atoms with Crippen LogP contribution in [0, 0.1) is 0 Å². The lowest BCUT2D eigenvalue weighted by Gasteiger charge is -2.14.